The molecule has 3 N–H and O–H groups in total. The Labute approximate surface area is 41.8 Å². The van der Waals surface area contributed by atoms with Crippen molar-refractivity contribution in [2.45, 2.75) is 6.42 Å². The molecule has 0 aromatic carbocycles. The lowest BCUT2D eigenvalue weighted by molar-refractivity contribution is 0.317. The molecule has 0 radical (unpaired) electrons. The van der Waals surface area contributed by atoms with Crippen LogP contribution in [0, 0.1) is 12.3 Å². The first-order valence-corrected chi connectivity index (χ1v) is 1.71. The highest BCUT2D eigenvalue weighted by Crippen LogP contribution is 1.70. The van der Waals surface area contributed by atoms with Gasteiger partial charge in [-0.1, -0.05) is 11.1 Å². The van der Waals surface area contributed by atoms with Crippen LogP contribution >= 0.6 is 0 Å². The maximum Gasteiger partial charge on any atom is 0.151 e. The molecule has 0 aliphatic rings. The minimum atomic E-state index is 0.0718. The van der Waals surface area contributed by atoms with E-state index in [0.29, 0.717) is 0 Å². The van der Waals surface area contributed by atoms with Crippen LogP contribution in [0.15, 0.2) is 5.16 Å². The predicted octanol–water partition coefficient (Wildman–Crippen LogP) is -0.244. The molecule has 7 heavy (non-hydrogen) atoms. The average molecular weight is 98.1 g/mol. The normalized spacial score (nSPS) is 10.4. The fourth-order valence-electron chi connectivity index (χ4n) is 0.140. The lowest BCUT2D eigenvalue weighted by atomic mass is 10.4. The largest absolute Gasteiger partial charge is 0.409 e. The van der Waals surface area contributed by atoms with Crippen LogP contribution in [-0.4, -0.2) is 11.0 Å². The highest BCUT2D eigenvalue weighted by Gasteiger charge is 1.81. The van der Waals surface area contributed by atoms with E-state index in [1.54, 1.807) is 0 Å². The molecule has 0 saturated carbocycles. The second kappa shape index (κ2) is 3.04. The molecule has 3 nitrogen and oxygen atoms in total. The topological polar surface area (TPSA) is 58.6 Å². The molecule has 0 fully saturated rings. The van der Waals surface area contributed by atoms with E-state index >= 15 is 0 Å². The van der Waals surface area contributed by atoms with Crippen molar-refractivity contribution >= 4 is 5.84 Å². The van der Waals surface area contributed by atoms with E-state index < -0.39 is 0 Å². The molecule has 0 aliphatic carbocycles. The summed E-state index contributed by atoms with van der Waals surface area (Å²) in [6.07, 6.45) is 4.99. The van der Waals surface area contributed by atoms with Gasteiger partial charge in [-0.3, -0.25) is 0 Å². The van der Waals surface area contributed by atoms with Gasteiger partial charge < -0.3 is 10.9 Å². The van der Waals surface area contributed by atoms with Gasteiger partial charge in [-0.05, 0) is 0 Å². The molecule has 0 saturated heterocycles. The summed E-state index contributed by atoms with van der Waals surface area (Å²) >= 11 is 0. The second-order valence-electron chi connectivity index (χ2n) is 0.972. The first-order chi connectivity index (χ1) is 3.31. The van der Waals surface area contributed by atoms with Gasteiger partial charge in [0, 0.05) is 0 Å². The number of terminal acetylenes is 1. The van der Waals surface area contributed by atoms with Crippen LogP contribution < -0.4 is 5.73 Å². The summed E-state index contributed by atoms with van der Waals surface area (Å²) in [4.78, 5) is 0. The van der Waals surface area contributed by atoms with Crippen molar-refractivity contribution in [1.29, 1.82) is 0 Å². The first-order valence-electron chi connectivity index (χ1n) is 1.71. The SMILES string of the molecule is C#CC/C(N)=N/O. The fourth-order valence-corrected chi connectivity index (χ4v) is 0.140. The van der Waals surface area contributed by atoms with Gasteiger partial charge in [-0.15, -0.1) is 6.42 Å². The quantitative estimate of drug-likeness (QED) is 0.156. The molecule has 38 valence electrons. The van der Waals surface area contributed by atoms with Crippen LogP contribution in [0.4, 0.5) is 0 Å². The Morgan fingerprint density at radius 2 is 2.57 bits per heavy atom. The number of oxime groups is 1. The number of hydrogen-bond donors (Lipinski definition) is 2. The highest BCUT2D eigenvalue weighted by molar-refractivity contribution is 5.81. The van der Waals surface area contributed by atoms with Crippen molar-refractivity contribution in [2.75, 3.05) is 0 Å². The van der Waals surface area contributed by atoms with Gasteiger partial charge in [0.25, 0.3) is 0 Å². The first kappa shape index (κ1) is 5.83. The Kier molecular flexibility index (Phi) is 2.53. The third kappa shape index (κ3) is 2.64. The van der Waals surface area contributed by atoms with Crippen LogP contribution in [0.25, 0.3) is 0 Å². The Hall–Kier alpha value is -1.17. The minimum Gasteiger partial charge on any atom is -0.409 e. The van der Waals surface area contributed by atoms with Gasteiger partial charge >= 0.3 is 0 Å². The average Bonchev–Trinajstić information content (AvgIpc) is 1.68. The summed E-state index contributed by atoms with van der Waals surface area (Å²) < 4.78 is 0. The Morgan fingerprint density at radius 3 is 2.71 bits per heavy atom. The zero-order valence-electron chi connectivity index (χ0n) is 3.76. The zero-order chi connectivity index (χ0) is 5.70. The van der Waals surface area contributed by atoms with Crippen LogP contribution in [0.5, 0.6) is 0 Å². The van der Waals surface area contributed by atoms with E-state index in [4.69, 9.17) is 17.4 Å². The molecule has 0 spiro atoms. The van der Waals surface area contributed by atoms with Crippen LogP contribution in [0.3, 0.4) is 0 Å². The number of nitrogens with zero attached hydrogens (tertiary/aromatic N) is 1. The summed E-state index contributed by atoms with van der Waals surface area (Å²) in [6.45, 7) is 0. The van der Waals surface area contributed by atoms with Gasteiger partial charge in [0.05, 0.1) is 6.42 Å². The number of nitrogens with two attached hydrogens (primary N) is 1. The number of hydrogen-bond acceptors (Lipinski definition) is 2. The zero-order valence-corrected chi connectivity index (χ0v) is 3.76. The van der Waals surface area contributed by atoms with E-state index in [9.17, 15) is 0 Å². The van der Waals surface area contributed by atoms with Crippen molar-refractivity contribution in [3.8, 4) is 12.3 Å². The maximum absolute atomic E-state index is 7.83. The van der Waals surface area contributed by atoms with E-state index in [2.05, 4.69) is 11.1 Å². The molecule has 0 rings (SSSR count). The fraction of sp³-hybridized carbons (Fsp3) is 0.250. The molecular formula is C4H6N2O. The van der Waals surface area contributed by atoms with Crippen molar-refractivity contribution < 1.29 is 5.21 Å². The molecule has 0 bridgehead atoms. The van der Waals surface area contributed by atoms with Gasteiger partial charge in [0.2, 0.25) is 0 Å². The van der Waals surface area contributed by atoms with Crippen LogP contribution in [0.2, 0.25) is 0 Å². The molecule has 0 unspecified atom stereocenters. The van der Waals surface area contributed by atoms with Crippen LogP contribution in [-0.2, 0) is 0 Å². The standard InChI is InChI=1S/C4H6N2O/c1-2-3-4(5)6-7/h1,7H,3H2,(H2,5,6). The van der Waals surface area contributed by atoms with E-state index in [1.165, 1.54) is 0 Å². The van der Waals surface area contributed by atoms with Crippen LogP contribution in [0.1, 0.15) is 6.42 Å². The molecular weight excluding hydrogens is 92.1 g/mol. The summed E-state index contributed by atoms with van der Waals surface area (Å²) in [5, 5.41) is 10.5. The van der Waals surface area contributed by atoms with Crippen molar-refractivity contribution in [3.05, 3.63) is 0 Å². The molecule has 0 aliphatic heterocycles. The van der Waals surface area contributed by atoms with Crippen molar-refractivity contribution in [2.24, 2.45) is 10.9 Å². The van der Waals surface area contributed by atoms with Gasteiger partial charge in [-0.25, -0.2) is 0 Å². The van der Waals surface area contributed by atoms with E-state index in [1.807, 2.05) is 0 Å². The summed E-state index contributed by atoms with van der Waals surface area (Å²) in [7, 11) is 0. The summed E-state index contributed by atoms with van der Waals surface area (Å²) in [5.41, 5.74) is 4.94. The lowest BCUT2D eigenvalue weighted by Crippen LogP contribution is -2.09. The molecule has 3 heteroatoms. The number of amidine groups is 1. The van der Waals surface area contributed by atoms with Gasteiger partial charge in [-0.2, -0.15) is 0 Å². The third-order valence-electron chi connectivity index (χ3n) is 0.412. The van der Waals surface area contributed by atoms with E-state index in [-0.39, 0.29) is 12.3 Å². The molecule has 0 atom stereocenters. The highest BCUT2D eigenvalue weighted by atomic mass is 16.4. The Balaban J connectivity index is 3.43. The monoisotopic (exact) mass is 98.0 g/mol. The minimum absolute atomic E-state index is 0.0718. The lowest BCUT2D eigenvalue weighted by Gasteiger charge is -1.82. The summed E-state index contributed by atoms with van der Waals surface area (Å²) in [6, 6.07) is 0. The summed E-state index contributed by atoms with van der Waals surface area (Å²) in [5.74, 6) is 2.27. The van der Waals surface area contributed by atoms with Crippen molar-refractivity contribution in [3.63, 3.8) is 0 Å². The molecule has 0 aromatic rings. The Bertz CT molecular complexity index is 111. The molecule has 0 heterocycles. The molecule has 0 aromatic heterocycles. The maximum atomic E-state index is 7.83. The third-order valence-corrected chi connectivity index (χ3v) is 0.412. The smallest absolute Gasteiger partial charge is 0.151 e. The Morgan fingerprint density at radius 1 is 2.00 bits per heavy atom. The second-order valence-corrected chi connectivity index (χ2v) is 0.972. The van der Waals surface area contributed by atoms with Crippen molar-refractivity contribution in [1.82, 2.24) is 0 Å². The predicted molar refractivity (Wildman–Crippen MR) is 26.9 cm³/mol. The van der Waals surface area contributed by atoms with Gasteiger partial charge in [0.15, 0.2) is 5.84 Å². The molecule has 0 amide bonds. The van der Waals surface area contributed by atoms with E-state index in [0.717, 1.165) is 0 Å². The number of rotatable bonds is 1. The van der Waals surface area contributed by atoms with Gasteiger partial charge in [0.1, 0.15) is 0 Å².